The average Bonchev–Trinajstić information content (AvgIpc) is 2.97. The molecule has 0 aliphatic rings. The Bertz CT molecular complexity index is 1230. The van der Waals surface area contributed by atoms with Gasteiger partial charge in [0.05, 0.1) is 43.3 Å². The fourth-order valence-electron chi connectivity index (χ4n) is 3.10. The first kappa shape index (κ1) is 34.3. The molecule has 0 radical (unpaired) electrons. The molecule has 0 aliphatic heterocycles. The summed E-state index contributed by atoms with van der Waals surface area (Å²) in [5.41, 5.74) is -0.103. The maximum atomic E-state index is 11.8. The predicted octanol–water partition coefficient (Wildman–Crippen LogP) is 4.54. The summed E-state index contributed by atoms with van der Waals surface area (Å²) in [7, 11) is 2.42. The highest BCUT2D eigenvalue weighted by molar-refractivity contribution is 5.82. The number of alkyl carbamates (subject to hydrolysis) is 2. The van der Waals surface area contributed by atoms with Crippen LogP contribution in [0.25, 0.3) is 0 Å². The number of carbonyl (C=O) groups excluding carboxylic acids is 4. The third-order valence-electron chi connectivity index (χ3n) is 4.96. The topological polar surface area (TPSA) is 148 Å². The molecule has 12 heteroatoms. The summed E-state index contributed by atoms with van der Waals surface area (Å²) in [5.74, 6) is -1.34. The molecule has 0 spiro atoms. The molecular formula is C32H46N2O10. The van der Waals surface area contributed by atoms with Crippen molar-refractivity contribution in [2.24, 2.45) is 0 Å². The standard InChI is InChI=1S/2C16H23NO5/c2*1-16(2,3)22-15(19)17-13(14(18)20-4)11-21-10-12-8-6-5-7-9-12/h2*5-9,13H,10-11H2,1-4H3,(H,17,19)/i10D2;. The molecule has 0 heterocycles. The Kier molecular flexibility index (Phi) is 15.0. The molecule has 44 heavy (non-hydrogen) atoms. The number of benzene rings is 2. The summed E-state index contributed by atoms with van der Waals surface area (Å²) in [4.78, 5) is 47.0. The van der Waals surface area contributed by atoms with Crippen molar-refractivity contribution in [2.45, 2.75) is 78.0 Å². The molecule has 0 aliphatic carbocycles. The lowest BCUT2D eigenvalue weighted by molar-refractivity contribution is -0.145. The van der Waals surface area contributed by atoms with Crippen molar-refractivity contribution in [3.05, 3.63) is 71.8 Å². The predicted molar refractivity (Wildman–Crippen MR) is 163 cm³/mol. The molecule has 0 bridgehead atoms. The molecule has 0 fully saturated rings. The third kappa shape index (κ3) is 17.7. The van der Waals surface area contributed by atoms with E-state index in [1.54, 1.807) is 71.9 Å². The second kappa shape index (κ2) is 19.2. The minimum atomic E-state index is -2.12. The normalized spacial score (nSPS) is 13.4. The molecule has 2 rings (SSSR count). The summed E-state index contributed by atoms with van der Waals surface area (Å²) in [5, 5.41) is 4.77. The van der Waals surface area contributed by atoms with Gasteiger partial charge in [-0.2, -0.15) is 0 Å². The van der Waals surface area contributed by atoms with Gasteiger partial charge in [0, 0.05) is 0 Å². The summed E-state index contributed by atoms with van der Waals surface area (Å²) >= 11 is 0. The highest BCUT2D eigenvalue weighted by atomic mass is 16.6. The van der Waals surface area contributed by atoms with E-state index in [1.165, 1.54) is 7.11 Å². The van der Waals surface area contributed by atoms with E-state index < -0.39 is 60.6 Å². The van der Waals surface area contributed by atoms with Crippen LogP contribution in [0.3, 0.4) is 0 Å². The van der Waals surface area contributed by atoms with Gasteiger partial charge in [-0.25, -0.2) is 19.2 Å². The molecular weight excluding hydrogens is 572 g/mol. The molecule has 2 aromatic carbocycles. The van der Waals surface area contributed by atoms with Crippen molar-refractivity contribution in [3.8, 4) is 0 Å². The van der Waals surface area contributed by atoms with E-state index in [-0.39, 0.29) is 6.61 Å². The number of amides is 2. The van der Waals surface area contributed by atoms with Gasteiger partial charge in [-0.1, -0.05) is 60.7 Å². The average molecular weight is 621 g/mol. The summed E-state index contributed by atoms with van der Waals surface area (Å²) < 4.78 is 46.0. The fraction of sp³-hybridized carbons (Fsp3) is 0.500. The van der Waals surface area contributed by atoms with Crippen LogP contribution in [0.2, 0.25) is 0 Å². The number of hydrogen-bond acceptors (Lipinski definition) is 10. The fourth-order valence-corrected chi connectivity index (χ4v) is 3.10. The van der Waals surface area contributed by atoms with Crippen LogP contribution in [-0.2, 0) is 51.2 Å². The van der Waals surface area contributed by atoms with Gasteiger partial charge in [-0.15, -0.1) is 0 Å². The van der Waals surface area contributed by atoms with Gasteiger partial charge >= 0.3 is 24.1 Å². The van der Waals surface area contributed by atoms with Gasteiger partial charge in [-0.05, 0) is 52.7 Å². The number of esters is 2. The zero-order chi connectivity index (χ0) is 35.0. The first-order chi connectivity index (χ1) is 21.4. The molecule has 0 aromatic heterocycles. The van der Waals surface area contributed by atoms with E-state index in [2.05, 4.69) is 20.1 Å². The van der Waals surface area contributed by atoms with Gasteiger partial charge in [0.1, 0.15) is 11.2 Å². The van der Waals surface area contributed by atoms with Gasteiger partial charge in [0.25, 0.3) is 0 Å². The maximum absolute atomic E-state index is 11.8. The number of hydrogen-bond donors (Lipinski definition) is 2. The van der Waals surface area contributed by atoms with Crippen molar-refractivity contribution in [3.63, 3.8) is 0 Å². The molecule has 2 aromatic rings. The van der Waals surface area contributed by atoms with Crippen LogP contribution >= 0.6 is 0 Å². The van der Waals surface area contributed by atoms with Crippen LogP contribution in [0.15, 0.2) is 60.7 Å². The zero-order valence-electron chi connectivity index (χ0n) is 28.6. The Hall–Kier alpha value is -4.16. The van der Waals surface area contributed by atoms with E-state index >= 15 is 0 Å². The van der Waals surface area contributed by atoms with E-state index in [0.717, 1.165) is 12.7 Å². The Morgan fingerprint density at radius 1 is 0.659 bits per heavy atom. The number of rotatable bonds is 12. The molecule has 244 valence electrons. The number of methoxy groups -OCH3 is 2. The lowest BCUT2D eigenvalue weighted by atomic mass is 10.2. The van der Waals surface area contributed by atoms with Crippen molar-refractivity contribution in [2.75, 3.05) is 27.4 Å². The largest absolute Gasteiger partial charge is 0.467 e. The Balaban J connectivity index is 0.000000462. The molecule has 2 atom stereocenters. The Morgan fingerprint density at radius 3 is 1.43 bits per heavy atom. The highest BCUT2D eigenvalue weighted by Crippen LogP contribution is 2.09. The summed E-state index contributed by atoms with van der Waals surface area (Å²) in [6.07, 6.45) is -1.51. The zero-order valence-corrected chi connectivity index (χ0v) is 26.6. The minimum absolute atomic E-state index is 0.000804. The van der Waals surface area contributed by atoms with Crippen LogP contribution in [-0.4, -0.2) is 74.8 Å². The van der Waals surface area contributed by atoms with Crippen LogP contribution in [0.1, 0.15) is 55.4 Å². The molecule has 2 N–H and O–H groups in total. The summed E-state index contributed by atoms with van der Waals surface area (Å²) in [6, 6.07) is 15.6. The van der Waals surface area contributed by atoms with E-state index in [0.29, 0.717) is 12.2 Å². The van der Waals surface area contributed by atoms with Crippen molar-refractivity contribution >= 4 is 24.1 Å². The lowest BCUT2D eigenvalue weighted by Crippen LogP contribution is -2.46. The van der Waals surface area contributed by atoms with Crippen LogP contribution in [0, 0.1) is 0 Å². The SMILES string of the molecule is COC(=O)C(COCc1ccccc1)NC(=O)OC(C)(C)C.[2H]C([2H])(OCC(NC(=O)OC(C)(C)C)C(=O)OC)c1ccccc1. The Morgan fingerprint density at radius 2 is 1.05 bits per heavy atom. The highest BCUT2D eigenvalue weighted by Gasteiger charge is 2.26. The molecule has 2 unspecified atom stereocenters. The van der Waals surface area contributed by atoms with Gasteiger partial charge in [-0.3, -0.25) is 0 Å². The second-order valence-corrected chi connectivity index (χ2v) is 11.2. The monoisotopic (exact) mass is 620 g/mol. The molecule has 2 amide bonds. The van der Waals surface area contributed by atoms with Gasteiger partial charge in [0.2, 0.25) is 0 Å². The Labute approximate surface area is 262 Å². The number of ether oxygens (including phenoxy) is 6. The van der Waals surface area contributed by atoms with E-state index in [4.69, 9.17) is 21.7 Å². The van der Waals surface area contributed by atoms with Gasteiger partial charge < -0.3 is 39.1 Å². The maximum Gasteiger partial charge on any atom is 0.408 e. The van der Waals surface area contributed by atoms with Crippen LogP contribution < -0.4 is 10.6 Å². The summed E-state index contributed by atoms with van der Waals surface area (Å²) in [6.45, 7) is 8.09. The molecule has 12 nitrogen and oxygen atoms in total. The quantitative estimate of drug-likeness (QED) is 0.256. The van der Waals surface area contributed by atoms with Gasteiger partial charge in [0.15, 0.2) is 12.1 Å². The number of nitrogens with one attached hydrogen (secondary N) is 2. The molecule has 0 saturated heterocycles. The minimum Gasteiger partial charge on any atom is -0.467 e. The van der Waals surface area contributed by atoms with Crippen molar-refractivity contribution in [1.82, 2.24) is 10.6 Å². The first-order valence-corrected chi connectivity index (χ1v) is 13.8. The lowest BCUT2D eigenvalue weighted by Gasteiger charge is -2.22. The second-order valence-electron chi connectivity index (χ2n) is 11.2. The molecule has 0 saturated carbocycles. The number of carbonyl (C=O) groups is 4. The van der Waals surface area contributed by atoms with E-state index in [9.17, 15) is 19.2 Å². The van der Waals surface area contributed by atoms with E-state index in [1.807, 2.05) is 30.3 Å². The first-order valence-electron chi connectivity index (χ1n) is 14.8. The smallest absolute Gasteiger partial charge is 0.408 e. The van der Waals surface area contributed by atoms with Crippen molar-refractivity contribution in [1.29, 1.82) is 0 Å². The van der Waals surface area contributed by atoms with Crippen LogP contribution in [0.5, 0.6) is 0 Å². The van der Waals surface area contributed by atoms with Crippen LogP contribution in [0.4, 0.5) is 9.59 Å². The van der Waals surface area contributed by atoms with Crippen molar-refractivity contribution < 1.29 is 50.3 Å². The third-order valence-corrected chi connectivity index (χ3v) is 4.96.